The van der Waals surface area contributed by atoms with Crippen molar-refractivity contribution >= 4 is 5.69 Å². The van der Waals surface area contributed by atoms with Gasteiger partial charge in [-0.1, -0.05) is 38.1 Å². The first-order chi connectivity index (χ1) is 9.42. The van der Waals surface area contributed by atoms with E-state index in [1.54, 1.807) is 0 Å². The van der Waals surface area contributed by atoms with Gasteiger partial charge >= 0.3 is 0 Å². The lowest BCUT2D eigenvalue weighted by atomic mass is 9.94. The number of aryl methyl sites for hydroxylation is 1. The van der Waals surface area contributed by atoms with Gasteiger partial charge in [0.05, 0.1) is 11.2 Å². The van der Waals surface area contributed by atoms with Gasteiger partial charge in [-0.15, -0.1) is 0 Å². The molecule has 2 heteroatoms. The van der Waals surface area contributed by atoms with E-state index in [-0.39, 0.29) is 5.54 Å². The van der Waals surface area contributed by atoms with E-state index in [9.17, 15) is 0 Å². The van der Waals surface area contributed by atoms with Crippen molar-refractivity contribution in [3.63, 3.8) is 0 Å². The molecule has 1 aromatic heterocycles. The van der Waals surface area contributed by atoms with Crippen molar-refractivity contribution in [1.82, 2.24) is 4.98 Å². The number of para-hydroxylation sites is 1. The zero-order valence-corrected chi connectivity index (χ0v) is 13.1. The molecule has 0 spiro atoms. The van der Waals surface area contributed by atoms with E-state index in [2.05, 4.69) is 69.2 Å². The van der Waals surface area contributed by atoms with Crippen LogP contribution in [0.25, 0.3) is 0 Å². The van der Waals surface area contributed by atoms with E-state index < -0.39 is 0 Å². The molecule has 1 aromatic carbocycles. The number of nitrogens with one attached hydrogen (secondary N) is 1. The van der Waals surface area contributed by atoms with Crippen molar-refractivity contribution in [2.24, 2.45) is 0 Å². The molecule has 1 N–H and O–H groups in total. The first kappa shape index (κ1) is 14.6. The fourth-order valence-electron chi connectivity index (χ4n) is 2.45. The molecule has 0 saturated carbocycles. The largest absolute Gasteiger partial charge is 0.374 e. The number of nitrogens with zero attached hydrogens (tertiary/aromatic N) is 1. The standard InChI is InChI=1S/C18H24N2/c1-13(2)15-10-8-9-14(3)17(15)20-18(4,5)16-11-6-7-12-19-16/h6-13,20H,1-5H3. The Bertz CT molecular complexity index is 571. The molecule has 1 heterocycles. The van der Waals surface area contributed by atoms with E-state index in [1.165, 1.54) is 16.8 Å². The van der Waals surface area contributed by atoms with Gasteiger partial charge in [-0.2, -0.15) is 0 Å². The molecule has 0 bridgehead atoms. The second-order valence-corrected chi connectivity index (χ2v) is 6.16. The summed E-state index contributed by atoms with van der Waals surface area (Å²) in [6.45, 7) is 11.0. The molecule has 0 unspecified atom stereocenters. The number of benzene rings is 1. The molecule has 20 heavy (non-hydrogen) atoms. The third-order valence-corrected chi connectivity index (χ3v) is 3.67. The lowest BCUT2D eigenvalue weighted by Crippen LogP contribution is -2.30. The normalized spacial score (nSPS) is 11.7. The summed E-state index contributed by atoms with van der Waals surface area (Å²) in [4.78, 5) is 4.49. The molecular formula is C18H24N2. The van der Waals surface area contributed by atoms with E-state index >= 15 is 0 Å². The summed E-state index contributed by atoms with van der Waals surface area (Å²) in [6.07, 6.45) is 1.85. The minimum atomic E-state index is -0.197. The molecule has 2 rings (SSSR count). The second-order valence-electron chi connectivity index (χ2n) is 6.16. The Morgan fingerprint density at radius 3 is 2.40 bits per heavy atom. The van der Waals surface area contributed by atoms with Crippen LogP contribution in [0.2, 0.25) is 0 Å². The highest BCUT2D eigenvalue weighted by Crippen LogP contribution is 2.32. The molecule has 0 amide bonds. The third kappa shape index (κ3) is 3.01. The van der Waals surface area contributed by atoms with Crippen LogP contribution in [0.1, 0.15) is 50.4 Å². The molecule has 0 aliphatic carbocycles. The van der Waals surface area contributed by atoms with Crippen LogP contribution in [0.5, 0.6) is 0 Å². The summed E-state index contributed by atoms with van der Waals surface area (Å²) in [5.74, 6) is 0.497. The predicted molar refractivity (Wildman–Crippen MR) is 86.2 cm³/mol. The lowest BCUT2D eigenvalue weighted by molar-refractivity contribution is 0.585. The minimum Gasteiger partial charge on any atom is -0.374 e. The Morgan fingerprint density at radius 1 is 1.05 bits per heavy atom. The van der Waals surface area contributed by atoms with Crippen molar-refractivity contribution in [1.29, 1.82) is 0 Å². The van der Waals surface area contributed by atoms with Gasteiger partial charge in [-0.3, -0.25) is 4.98 Å². The average molecular weight is 268 g/mol. The van der Waals surface area contributed by atoms with Gasteiger partial charge in [-0.25, -0.2) is 0 Å². The summed E-state index contributed by atoms with van der Waals surface area (Å²) in [5.41, 5.74) is 4.72. The van der Waals surface area contributed by atoms with Gasteiger partial charge in [0.2, 0.25) is 0 Å². The van der Waals surface area contributed by atoms with Crippen molar-refractivity contribution in [2.75, 3.05) is 5.32 Å². The Hall–Kier alpha value is -1.83. The summed E-state index contributed by atoms with van der Waals surface area (Å²) >= 11 is 0. The van der Waals surface area contributed by atoms with Crippen LogP contribution >= 0.6 is 0 Å². The summed E-state index contributed by atoms with van der Waals surface area (Å²) in [6, 6.07) is 12.5. The average Bonchev–Trinajstić information content (AvgIpc) is 2.41. The molecule has 2 nitrogen and oxygen atoms in total. The number of rotatable bonds is 4. The fourth-order valence-corrected chi connectivity index (χ4v) is 2.45. The van der Waals surface area contributed by atoms with Gasteiger partial charge in [0.1, 0.15) is 0 Å². The first-order valence-corrected chi connectivity index (χ1v) is 7.21. The van der Waals surface area contributed by atoms with Gasteiger partial charge in [0, 0.05) is 11.9 Å². The number of hydrogen-bond acceptors (Lipinski definition) is 2. The monoisotopic (exact) mass is 268 g/mol. The van der Waals surface area contributed by atoms with Gasteiger partial charge < -0.3 is 5.32 Å². The van der Waals surface area contributed by atoms with Crippen molar-refractivity contribution in [3.8, 4) is 0 Å². The molecule has 0 atom stereocenters. The highest BCUT2D eigenvalue weighted by Gasteiger charge is 2.23. The lowest BCUT2D eigenvalue weighted by Gasteiger charge is -2.30. The van der Waals surface area contributed by atoms with Crippen molar-refractivity contribution in [3.05, 3.63) is 59.4 Å². The van der Waals surface area contributed by atoms with Crippen LogP contribution in [-0.2, 0) is 5.54 Å². The van der Waals surface area contributed by atoms with E-state index in [0.29, 0.717) is 5.92 Å². The Morgan fingerprint density at radius 2 is 1.80 bits per heavy atom. The Balaban J connectivity index is 2.39. The first-order valence-electron chi connectivity index (χ1n) is 7.21. The van der Waals surface area contributed by atoms with Crippen molar-refractivity contribution < 1.29 is 0 Å². The maximum Gasteiger partial charge on any atom is 0.0739 e. The topological polar surface area (TPSA) is 24.9 Å². The maximum absolute atomic E-state index is 4.49. The van der Waals surface area contributed by atoms with Gasteiger partial charge in [0.25, 0.3) is 0 Å². The summed E-state index contributed by atoms with van der Waals surface area (Å²) in [5, 5.41) is 3.69. The number of pyridine rings is 1. The zero-order valence-electron chi connectivity index (χ0n) is 13.1. The molecule has 0 aliphatic heterocycles. The number of aromatic nitrogens is 1. The van der Waals surface area contributed by atoms with E-state index in [4.69, 9.17) is 0 Å². The highest BCUT2D eigenvalue weighted by molar-refractivity contribution is 5.60. The Kier molecular flexibility index (Phi) is 4.12. The van der Waals surface area contributed by atoms with Gasteiger partial charge in [0.15, 0.2) is 0 Å². The molecule has 2 aromatic rings. The smallest absolute Gasteiger partial charge is 0.0739 e. The molecular weight excluding hydrogens is 244 g/mol. The molecule has 106 valence electrons. The quantitative estimate of drug-likeness (QED) is 0.856. The molecule has 0 aliphatic rings. The third-order valence-electron chi connectivity index (χ3n) is 3.67. The van der Waals surface area contributed by atoms with Crippen LogP contribution in [0.15, 0.2) is 42.6 Å². The van der Waals surface area contributed by atoms with E-state index in [1.807, 2.05) is 18.3 Å². The van der Waals surface area contributed by atoms with Crippen molar-refractivity contribution in [2.45, 2.75) is 46.1 Å². The van der Waals surface area contributed by atoms with Crippen LogP contribution in [0.3, 0.4) is 0 Å². The van der Waals surface area contributed by atoms with Crippen LogP contribution in [-0.4, -0.2) is 4.98 Å². The second kappa shape index (κ2) is 5.66. The van der Waals surface area contributed by atoms with E-state index in [0.717, 1.165) is 5.69 Å². The number of hydrogen-bond donors (Lipinski definition) is 1. The highest BCUT2D eigenvalue weighted by atomic mass is 15.0. The molecule has 0 saturated heterocycles. The minimum absolute atomic E-state index is 0.197. The van der Waals surface area contributed by atoms with Gasteiger partial charge in [-0.05, 0) is 49.9 Å². The molecule has 0 fully saturated rings. The zero-order chi connectivity index (χ0) is 14.8. The Labute approximate surface area is 122 Å². The van der Waals surface area contributed by atoms with Crippen LogP contribution in [0, 0.1) is 6.92 Å². The molecule has 0 radical (unpaired) electrons. The van der Waals surface area contributed by atoms with Crippen LogP contribution in [0.4, 0.5) is 5.69 Å². The number of anilines is 1. The fraction of sp³-hybridized carbons (Fsp3) is 0.389. The SMILES string of the molecule is Cc1cccc(C(C)C)c1NC(C)(C)c1ccccn1. The predicted octanol–water partition coefficient (Wildman–Crippen LogP) is 4.86. The summed E-state index contributed by atoms with van der Waals surface area (Å²) < 4.78 is 0. The summed E-state index contributed by atoms with van der Waals surface area (Å²) in [7, 11) is 0. The van der Waals surface area contributed by atoms with Crippen LogP contribution < -0.4 is 5.32 Å². The maximum atomic E-state index is 4.49.